The zero-order valence-corrected chi connectivity index (χ0v) is 29.7. The van der Waals surface area contributed by atoms with Crippen molar-refractivity contribution in [2.24, 2.45) is 4.99 Å². The van der Waals surface area contributed by atoms with Gasteiger partial charge in [-0.25, -0.2) is 0 Å². The molecule has 0 saturated carbocycles. The van der Waals surface area contributed by atoms with Gasteiger partial charge in [0.25, 0.3) is 17.7 Å². The van der Waals surface area contributed by atoms with E-state index in [-0.39, 0.29) is 49.4 Å². The summed E-state index contributed by atoms with van der Waals surface area (Å²) in [5.74, 6) is -2.08. The van der Waals surface area contributed by atoms with Crippen LogP contribution in [0.1, 0.15) is 84.0 Å². The molecule has 1 fully saturated rings. The Labute approximate surface area is 305 Å². The average Bonchev–Trinajstić information content (AvgIpc) is 3.72. The normalized spacial score (nSPS) is 17.8. The number of rotatable bonds is 9. The molecule has 0 spiro atoms. The Bertz CT molecular complexity index is 2230. The Kier molecular flexibility index (Phi) is 9.18. The summed E-state index contributed by atoms with van der Waals surface area (Å²) in [5, 5.41) is 18.2. The topological polar surface area (TPSA) is 194 Å². The molecule has 0 radical (unpaired) electrons. The van der Waals surface area contributed by atoms with Gasteiger partial charge in [-0.15, -0.1) is 21.5 Å². The lowest BCUT2D eigenvalue weighted by Crippen LogP contribution is -2.54. The number of carbonyl (C=O) groups excluding carboxylic acids is 6. The first-order valence-electron chi connectivity index (χ1n) is 16.3. The van der Waals surface area contributed by atoms with E-state index in [2.05, 4.69) is 26.1 Å². The second-order valence-corrected chi connectivity index (χ2v) is 13.8. The number of nitrogens with zero attached hydrogens (tertiary/aromatic N) is 5. The van der Waals surface area contributed by atoms with E-state index < -0.39 is 41.7 Å². The third-order valence-corrected chi connectivity index (χ3v) is 10.6. The molecule has 2 aromatic heterocycles. The summed E-state index contributed by atoms with van der Waals surface area (Å²) in [7, 11) is 1.31. The molecule has 4 aromatic rings. The molecule has 3 aliphatic rings. The number of carbonyl (C=O) groups is 6. The van der Waals surface area contributed by atoms with Crippen molar-refractivity contribution in [2.75, 3.05) is 25.5 Å². The van der Waals surface area contributed by atoms with Gasteiger partial charge in [-0.1, -0.05) is 23.7 Å². The highest BCUT2D eigenvalue weighted by Gasteiger charge is 2.44. The molecule has 52 heavy (non-hydrogen) atoms. The second-order valence-electron chi connectivity index (χ2n) is 12.3. The fraction of sp³-hybridized carbons (Fsp3) is 0.286. The van der Waals surface area contributed by atoms with Crippen LogP contribution in [0, 0.1) is 13.8 Å². The number of methoxy groups -OCH3 is 1. The molecule has 266 valence electrons. The maximum Gasteiger partial charge on any atom is 0.308 e. The van der Waals surface area contributed by atoms with Crippen molar-refractivity contribution in [3.05, 3.63) is 91.8 Å². The Morgan fingerprint density at radius 2 is 1.77 bits per heavy atom. The smallest absolute Gasteiger partial charge is 0.308 e. The number of ether oxygens (including phenoxy) is 1. The molecule has 0 aliphatic carbocycles. The van der Waals surface area contributed by atoms with Crippen LogP contribution in [-0.4, -0.2) is 87.1 Å². The van der Waals surface area contributed by atoms with Crippen molar-refractivity contribution < 1.29 is 33.5 Å². The molecule has 1 unspecified atom stereocenters. The summed E-state index contributed by atoms with van der Waals surface area (Å²) in [6.45, 7) is 4.13. The number of hydrogen-bond donors (Lipinski definition) is 3. The minimum absolute atomic E-state index is 0.0337. The molecule has 15 nitrogen and oxygen atoms in total. The number of aryl methyl sites for hydroxylation is 1. The van der Waals surface area contributed by atoms with Gasteiger partial charge in [0.15, 0.2) is 5.82 Å². The van der Waals surface area contributed by atoms with Crippen molar-refractivity contribution >= 4 is 69.8 Å². The van der Waals surface area contributed by atoms with E-state index in [4.69, 9.17) is 21.3 Å². The maximum absolute atomic E-state index is 13.7. The number of thiophene rings is 1. The molecule has 3 aliphatic heterocycles. The van der Waals surface area contributed by atoms with Gasteiger partial charge in [-0.3, -0.25) is 48.5 Å². The summed E-state index contributed by atoms with van der Waals surface area (Å²) in [4.78, 5) is 82.7. The number of hydrogen-bond acceptors (Lipinski definition) is 12. The summed E-state index contributed by atoms with van der Waals surface area (Å²) in [5.41, 5.74) is 3.56. The SMILES string of the molecule is COC(=O)C[C@@H]1N=C(c2ccc(Cl)cc2)c2c(sc(C(=O)NCCNc3ccc4c(c3)C(=O)N(C3CCC(=O)NC3=O)C4=O)c2C)-n2c(C)nnc21. The van der Waals surface area contributed by atoms with E-state index in [1.807, 2.05) is 23.6 Å². The molecule has 0 bridgehead atoms. The number of piperidine rings is 1. The van der Waals surface area contributed by atoms with E-state index in [1.54, 1.807) is 25.1 Å². The van der Waals surface area contributed by atoms with Gasteiger partial charge < -0.3 is 15.4 Å². The van der Waals surface area contributed by atoms with Crippen LogP contribution >= 0.6 is 22.9 Å². The molecule has 5 heterocycles. The van der Waals surface area contributed by atoms with Crippen LogP contribution < -0.4 is 16.0 Å². The van der Waals surface area contributed by atoms with Crippen molar-refractivity contribution in [3.63, 3.8) is 0 Å². The van der Waals surface area contributed by atoms with Crippen LogP contribution in [0.2, 0.25) is 5.02 Å². The van der Waals surface area contributed by atoms with Crippen molar-refractivity contribution in [1.82, 2.24) is 30.3 Å². The predicted molar refractivity (Wildman–Crippen MR) is 189 cm³/mol. The van der Waals surface area contributed by atoms with E-state index in [9.17, 15) is 28.8 Å². The Balaban J connectivity index is 1.09. The molecular weight excluding hydrogens is 712 g/mol. The van der Waals surface area contributed by atoms with Gasteiger partial charge >= 0.3 is 5.97 Å². The Morgan fingerprint density at radius 1 is 1.02 bits per heavy atom. The van der Waals surface area contributed by atoms with Gasteiger partial charge in [-0.05, 0) is 56.2 Å². The lowest BCUT2D eigenvalue weighted by Gasteiger charge is -2.27. The zero-order valence-electron chi connectivity index (χ0n) is 28.1. The van der Waals surface area contributed by atoms with Crippen LogP contribution in [0.25, 0.3) is 5.00 Å². The Morgan fingerprint density at radius 3 is 2.50 bits per heavy atom. The Hall–Kier alpha value is -5.74. The fourth-order valence-electron chi connectivity index (χ4n) is 6.52. The number of fused-ring (bicyclic) bond motifs is 4. The van der Waals surface area contributed by atoms with Gasteiger partial charge in [-0.2, -0.15) is 0 Å². The first-order valence-corrected chi connectivity index (χ1v) is 17.5. The molecule has 2 aromatic carbocycles. The lowest BCUT2D eigenvalue weighted by atomic mass is 9.99. The van der Waals surface area contributed by atoms with Gasteiger partial charge in [0.1, 0.15) is 22.9 Å². The summed E-state index contributed by atoms with van der Waals surface area (Å²) in [6.07, 6.45) is 0.0393. The minimum Gasteiger partial charge on any atom is -0.469 e. The third-order valence-electron chi connectivity index (χ3n) is 9.09. The van der Waals surface area contributed by atoms with Gasteiger partial charge in [0.2, 0.25) is 11.8 Å². The summed E-state index contributed by atoms with van der Waals surface area (Å²) >= 11 is 7.46. The molecule has 1 saturated heterocycles. The van der Waals surface area contributed by atoms with Gasteiger partial charge in [0, 0.05) is 41.3 Å². The number of imide groups is 2. The molecule has 7 rings (SSSR count). The van der Waals surface area contributed by atoms with Crippen LogP contribution in [-0.2, 0) is 19.1 Å². The number of anilines is 1. The van der Waals surface area contributed by atoms with E-state index in [0.717, 1.165) is 10.5 Å². The van der Waals surface area contributed by atoms with Crippen molar-refractivity contribution in [3.8, 4) is 5.00 Å². The zero-order chi connectivity index (χ0) is 36.8. The average molecular weight is 743 g/mol. The lowest BCUT2D eigenvalue weighted by molar-refractivity contribution is -0.141. The number of benzene rings is 2. The number of aromatic nitrogens is 3. The quantitative estimate of drug-likeness (QED) is 0.130. The summed E-state index contributed by atoms with van der Waals surface area (Å²) in [6, 6.07) is 10.1. The second kappa shape index (κ2) is 13.8. The first kappa shape index (κ1) is 34.7. The largest absolute Gasteiger partial charge is 0.469 e. The minimum atomic E-state index is -1.05. The van der Waals surface area contributed by atoms with Crippen LogP contribution in [0.3, 0.4) is 0 Å². The molecule has 5 amide bonds. The van der Waals surface area contributed by atoms with Crippen LogP contribution in [0.5, 0.6) is 0 Å². The standard InChI is InChI=1S/C35H31ClN8O7S/c1-16-27-28(18-4-6-19(36)7-5-18)39-23(15-26(46)51-3)30-42-41-17(2)43(30)35(27)52-29(16)32(48)38-13-12-37-20-8-9-21-22(14-20)34(50)44(33(21)49)24-10-11-25(45)40-31(24)47/h4-9,14,23-24,37H,10-13,15H2,1-3H3,(H,38,48)(H,40,45,47)/t23-,24?/m0/s1. The number of aliphatic imine (C=N–C) groups is 1. The van der Waals surface area contributed by atoms with Crippen LogP contribution in [0.4, 0.5) is 5.69 Å². The molecule has 17 heteroatoms. The molecular formula is C35H31ClN8O7S. The third kappa shape index (κ3) is 6.13. The van der Waals surface area contributed by atoms with E-state index in [1.165, 1.54) is 30.6 Å². The first-order chi connectivity index (χ1) is 25.0. The predicted octanol–water partition coefficient (Wildman–Crippen LogP) is 3.30. The van der Waals surface area contributed by atoms with Crippen molar-refractivity contribution in [1.29, 1.82) is 0 Å². The molecule has 2 atom stereocenters. The van der Waals surface area contributed by atoms with Crippen molar-refractivity contribution in [2.45, 2.75) is 45.2 Å². The number of amides is 5. The number of esters is 1. The van der Waals surface area contributed by atoms with E-state index >= 15 is 0 Å². The number of nitrogens with one attached hydrogen (secondary N) is 3. The van der Waals surface area contributed by atoms with Crippen LogP contribution in [0.15, 0.2) is 47.5 Å². The highest BCUT2D eigenvalue weighted by Crippen LogP contribution is 2.40. The van der Waals surface area contributed by atoms with Gasteiger partial charge in [0.05, 0.1) is 35.2 Å². The van der Waals surface area contributed by atoms with E-state index in [0.29, 0.717) is 49.1 Å². The maximum atomic E-state index is 13.7. The number of halogens is 1. The molecule has 3 N–H and O–H groups in total. The monoisotopic (exact) mass is 742 g/mol. The summed E-state index contributed by atoms with van der Waals surface area (Å²) < 4.78 is 6.78. The highest BCUT2D eigenvalue weighted by molar-refractivity contribution is 7.17. The highest BCUT2D eigenvalue weighted by atomic mass is 35.5. The fourth-order valence-corrected chi connectivity index (χ4v) is 7.93.